The maximum absolute atomic E-state index is 12.3. The van der Waals surface area contributed by atoms with Crippen molar-refractivity contribution in [2.45, 2.75) is 58.4 Å². The van der Waals surface area contributed by atoms with E-state index in [1.54, 1.807) is 0 Å². The Morgan fingerprint density at radius 3 is 2.67 bits per heavy atom. The SMILES string of the molecule is CCc1c(C)sc(N)c1C(=O)NC1CCCCC1. The highest BCUT2D eigenvalue weighted by Crippen LogP contribution is 2.31. The molecule has 100 valence electrons. The Hall–Kier alpha value is -1.03. The zero-order valence-corrected chi connectivity index (χ0v) is 12.0. The number of amides is 1. The summed E-state index contributed by atoms with van der Waals surface area (Å²) in [4.78, 5) is 13.5. The molecule has 0 aliphatic heterocycles. The fourth-order valence-corrected chi connectivity index (χ4v) is 3.80. The Balaban J connectivity index is 2.12. The van der Waals surface area contributed by atoms with Crippen molar-refractivity contribution >= 4 is 22.2 Å². The van der Waals surface area contributed by atoms with E-state index in [0.29, 0.717) is 11.0 Å². The number of hydrogen-bond donors (Lipinski definition) is 2. The van der Waals surface area contributed by atoms with Crippen LogP contribution < -0.4 is 11.1 Å². The second kappa shape index (κ2) is 5.74. The van der Waals surface area contributed by atoms with Crippen molar-refractivity contribution in [2.75, 3.05) is 5.73 Å². The molecule has 0 spiro atoms. The van der Waals surface area contributed by atoms with Crippen LogP contribution in [-0.4, -0.2) is 11.9 Å². The number of carbonyl (C=O) groups is 1. The van der Waals surface area contributed by atoms with E-state index in [2.05, 4.69) is 12.2 Å². The number of anilines is 1. The van der Waals surface area contributed by atoms with Gasteiger partial charge in [-0.25, -0.2) is 0 Å². The Bertz CT molecular complexity index is 433. The highest BCUT2D eigenvalue weighted by atomic mass is 32.1. The number of aryl methyl sites for hydroxylation is 1. The first-order valence-electron chi connectivity index (χ1n) is 6.82. The third-order valence-electron chi connectivity index (χ3n) is 3.76. The van der Waals surface area contributed by atoms with Crippen LogP contribution in [-0.2, 0) is 6.42 Å². The second-order valence-electron chi connectivity index (χ2n) is 5.04. The summed E-state index contributed by atoms with van der Waals surface area (Å²) in [6.07, 6.45) is 6.83. The number of hydrogen-bond acceptors (Lipinski definition) is 3. The lowest BCUT2D eigenvalue weighted by Gasteiger charge is -2.23. The summed E-state index contributed by atoms with van der Waals surface area (Å²) in [7, 11) is 0. The number of carbonyl (C=O) groups excluding carboxylic acids is 1. The van der Waals surface area contributed by atoms with Gasteiger partial charge < -0.3 is 11.1 Å². The zero-order valence-electron chi connectivity index (χ0n) is 11.2. The van der Waals surface area contributed by atoms with Gasteiger partial charge >= 0.3 is 0 Å². The fraction of sp³-hybridized carbons (Fsp3) is 0.643. The number of nitrogen functional groups attached to an aromatic ring is 1. The molecule has 1 heterocycles. The Morgan fingerprint density at radius 2 is 2.06 bits per heavy atom. The molecular formula is C14H22N2OS. The van der Waals surface area contributed by atoms with Crippen molar-refractivity contribution in [2.24, 2.45) is 0 Å². The maximum atomic E-state index is 12.3. The first-order valence-corrected chi connectivity index (χ1v) is 7.63. The first-order chi connectivity index (χ1) is 8.63. The van der Waals surface area contributed by atoms with Gasteiger partial charge in [0.25, 0.3) is 5.91 Å². The van der Waals surface area contributed by atoms with Gasteiger partial charge in [0.05, 0.1) is 10.6 Å². The van der Waals surface area contributed by atoms with Crippen LogP contribution in [0.3, 0.4) is 0 Å². The molecule has 1 fully saturated rings. The van der Waals surface area contributed by atoms with Gasteiger partial charge in [-0.1, -0.05) is 26.2 Å². The van der Waals surface area contributed by atoms with E-state index in [0.717, 1.165) is 30.4 Å². The minimum absolute atomic E-state index is 0.0283. The van der Waals surface area contributed by atoms with Gasteiger partial charge in [-0.3, -0.25) is 4.79 Å². The predicted molar refractivity (Wildman–Crippen MR) is 77.2 cm³/mol. The van der Waals surface area contributed by atoms with Crippen LogP contribution in [0, 0.1) is 6.92 Å². The van der Waals surface area contributed by atoms with Gasteiger partial charge in [-0.15, -0.1) is 11.3 Å². The lowest BCUT2D eigenvalue weighted by molar-refractivity contribution is 0.0928. The normalized spacial score (nSPS) is 16.8. The molecule has 18 heavy (non-hydrogen) atoms. The zero-order chi connectivity index (χ0) is 13.1. The molecule has 0 unspecified atom stereocenters. The number of thiophene rings is 1. The van der Waals surface area contributed by atoms with Crippen molar-refractivity contribution in [3.63, 3.8) is 0 Å². The molecule has 1 aliphatic rings. The Morgan fingerprint density at radius 1 is 1.39 bits per heavy atom. The molecule has 1 aromatic heterocycles. The lowest BCUT2D eigenvalue weighted by atomic mass is 9.95. The molecule has 2 rings (SSSR count). The number of rotatable bonds is 3. The van der Waals surface area contributed by atoms with Crippen LogP contribution in [0.15, 0.2) is 0 Å². The summed E-state index contributed by atoms with van der Waals surface area (Å²) in [5.41, 5.74) is 7.83. The van der Waals surface area contributed by atoms with Gasteiger partial charge in [-0.05, 0) is 31.7 Å². The van der Waals surface area contributed by atoms with Crippen LogP contribution in [0.1, 0.15) is 59.8 Å². The molecule has 0 saturated heterocycles. The monoisotopic (exact) mass is 266 g/mol. The van der Waals surface area contributed by atoms with Crippen molar-refractivity contribution in [1.82, 2.24) is 5.32 Å². The third-order valence-corrected chi connectivity index (χ3v) is 4.73. The summed E-state index contributed by atoms with van der Waals surface area (Å²) in [6.45, 7) is 4.11. The Labute approximate surface area is 113 Å². The van der Waals surface area contributed by atoms with E-state index < -0.39 is 0 Å². The fourth-order valence-electron chi connectivity index (χ4n) is 2.78. The molecule has 4 heteroatoms. The molecule has 1 aliphatic carbocycles. The second-order valence-corrected chi connectivity index (χ2v) is 6.29. The summed E-state index contributed by atoms with van der Waals surface area (Å²) in [6, 6.07) is 0.343. The van der Waals surface area contributed by atoms with Crippen LogP contribution in [0.2, 0.25) is 0 Å². The average Bonchev–Trinajstić information content (AvgIpc) is 2.64. The minimum Gasteiger partial charge on any atom is -0.390 e. The minimum atomic E-state index is 0.0283. The van der Waals surface area contributed by atoms with E-state index in [1.807, 2.05) is 6.92 Å². The summed E-state index contributed by atoms with van der Waals surface area (Å²) >= 11 is 1.53. The molecule has 3 nitrogen and oxygen atoms in total. The number of nitrogens with two attached hydrogens (primary N) is 1. The number of nitrogens with one attached hydrogen (secondary N) is 1. The summed E-state index contributed by atoms with van der Waals surface area (Å²) in [5, 5.41) is 3.82. The summed E-state index contributed by atoms with van der Waals surface area (Å²) < 4.78 is 0. The van der Waals surface area contributed by atoms with Gasteiger partial charge in [0.2, 0.25) is 0 Å². The smallest absolute Gasteiger partial charge is 0.254 e. The van der Waals surface area contributed by atoms with E-state index in [1.165, 1.54) is 35.5 Å². The molecule has 1 amide bonds. The standard InChI is InChI=1S/C14H22N2OS/c1-3-11-9(2)18-13(15)12(11)14(17)16-10-7-5-4-6-8-10/h10H,3-8,15H2,1-2H3,(H,16,17). The van der Waals surface area contributed by atoms with E-state index in [4.69, 9.17) is 5.73 Å². The summed E-state index contributed by atoms with van der Waals surface area (Å²) in [5.74, 6) is 0.0283. The van der Waals surface area contributed by atoms with Crippen molar-refractivity contribution in [1.29, 1.82) is 0 Å². The van der Waals surface area contributed by atoms with Crippen LogP contribution in [0.25, 0.3) is 0 Å². The van der Waals surface area contributed by atoms with Gasteiger partial charge in [0.15, 0.2) is 0 Å². The van der Waals surface area contributed by atoms with Gasteiger partial charge in [0, 0.05) is 10.9 Å². The molecular weight excluding hydrogens is 244 g/mol. The van der Waals surface area contributed by atoms with Crippen LogP contribution >= 0.6 is 11.3 Å². The van der Waals surface area contributed by atoms with Gasteiger partial charge in [-0.2, -0.15) is 0 Å². The van der Waals surface area contributed by atoms with E-state index >= 15 is 0 Å². The molecule has 0 radical (unpaired) electrons. The third kappa shape index (κ3) is 2.69. The first kappa shape index (κ1) is 13.4. The average molecular weight is 266 g/mol. The maximum Gasteiger partial charge on any atom is 0.254 e. The molecule has 0 aromatic carbocycles. The van der Waals surface area contributed by atoms with Crippen LogP contribution in [0.5, 0.6) is 0 Å². The molecule has 3 N–H and O–H groups in total. The van der Waals surface area contributed by atoms with Crippen LogP contribution in [0.4, 0.5) is 5.00 Å². The molecule has 1 saturated carbocycles. The van der Waals surface area contributed by atoms with E-state index in [-0.39, 0.29) is 5.91 Å². The van der Waals surface area contributed by atoms with Crippen molar-refractivity contribution in [3.8, 4) is 0 Å². The topological polar surface area (TPSA) is 55.1 Å². The highest BCUT2D eigenvalue weighted by Gasteiger charge is 2.22. The largest absolute Gasteiger partial charge is 0.390 e. The molecule has 1 aromatic rings. The van der Waals surface area contributed by atoms with Gasteiger partial charge in [0.1, 0.15) is 0 Å². The highest BCUT2D eigenvalue weighted by molar-refractivity contribution is 7.16. The lowest BCUT2D eigenvalue weighted by Crippen LogP contribution is -2.36. The van der Waals surface area contributed by atoms with Crippen molar-refractivity contribution < 1.29 is 4.79 Å². The molecule has 0 bridgehead atoms. The van der Waals surface area contributed by atoms with Crippen molar-refractivity contribution in [3.05, 3.63) is 16.0 Å². The molecule has 0 atom stereocenters. The quantitative estimate of drug-likeness (QED) is 0.882. The van der Waals surface area contributed by atoms with E-state index in [9.17, 15) is 4.79 Å². The predicted octanol–water partition coefficient (Wildman–Crippen LogP) is 3.26. The Kier molecular flexibility index (Phi) is 4.27.